The Morgan fingerprint density at radius 1 is 1.17 bits per heavy atom. The molecule has 2 aromatic heterocycles. The van der Waals surface area contributed by atoms with Crippen molar-refractivity contribution in [3.05, 3.63) is 44.7 Å². The largest absolute Gasteiger partial charge is 0.458 e. The smallest absolute Gasteiger partial charge is 0.412 e. The van der Waals surface area contributed by atoms with E-state index in [9.17, 15) is 19.2 Å². The van der Waals surface area contributed by atoms with Crippen LogP contribution >= 0.6 is 11.6 Å². The number of carbonyl (C=O) groups excluding carboxylic acids is 3. The zero-order valence-electron chi connectivity index (χ0n) is 23.4. The van der Waals surface area contributed by atoms with E-state index in [1.54, 1.807) is 37.5 Å². The number of rotatable bonds is 5. The lowest BCUT2D eigenvalue weighted by molar-refractivity contribution is -0.157. The third kappa shape index (κ3) is 4.69. The Bertz CT molecular complexity index is 1740. The van der Waals surface area contributed by atoms with Crippen molar-refractivity contribution in [1.29, 1.82) is 0 Å². The maximum atomic E-state index is 13.7. The van der Waals surface area contributed by atoms with Crippen LogP contribution in [0, 0.1) is 0 Å². The number of pyridine rings is 2. The van der Waals surface area contributed by atoms with Crippen molar-refractivity contribution >= 4 is 45.7 Å². The van der Waals surface area contributed by atoms with Crippen molar-refractivity contribution in [2.45, 2.75) is 71.8 Å². The van der Waals surface area contributed by atoms with Crippen LogP contribution in [0.25, 0.3) is 22.3 Å². The van der Waals surface area contributed by atoms with Gasteiger partial charge < -0.3 is 28.3 Å². The molecule has 3 aromatic rings. The highest BCUT2D eigenvalue weighted by Crippen LogP contribution is 2.48. The summed E-state index contributed by atoms with van der Waals surface area (Å²) in [4.78, 5) is 55.6. The molecule has 0 saturated carbocycles. The summed E-state index contributed by atoms with van der Waals surface area (Å²) in [7, 11) is 0. The van der Waals surface area contributed by atoms with E-state index in [-0.39, 0.29) is 31.1 Å². The minimum absolute atomic E-state index is 0.0280. The molecule has 3 aliphatic heterocycles. The number of nitrogens with one attached hydrogen (secondary N) is 1. The van der Waals surface area contributed by atoms with Gasteiger partial charge in [0, 0.05) is 34.2 Å². The number of nitrogens with zero attached hydrogens (tertiary/aromatic N) is 2. The fraction of sp³-hybridized carbons (Fsp3) is 0.414. The number of esters is 1. The van der Waals surface area contributed by atoms with Crippen LogP contribution in [-0.2, 0) is 38.6 Å². The lowest BCUT2D eigenvalue weighted by Gasteiger charge is -2.24. The van der Waals surface area contributed by atoms with E-state index in [0.29, 0.717) is 45.9 Å². The molecule has 220 valence electrons. The number of unbranched alkanes of at least 4 members (excludes halogenated alkanes) is 1. The van der Waals surface area contributed by atoms with Gasteiger partial charge in [-0.25, -0.2) is 19.4 Å². The first-order chi connectivity index (χ1) is 20.0. The first-order valence-corrected chi connectivity index (χ1v) is 13.9. The predicted molar refractivity (Wildman–Crippen MR) is 150 cm³/mol. The quantitative estimate of drug-likeness (QED) is 0.182. The first-order valence-electron chi connectivity index (χ1n) is 13.5. The summed E-state index contributed by atoms with van der Waals surface area (Å²) >= 11 is 5.42. The van der Waals surface area contributed by atoms with E-state index in [2.05, 4.69) is 12.2 Å². The Morgan fingerprint density at radius 2 is 1.95 bits per heavy atom. The van der Waals surface area contributed by atoms with Crippen molar-refractivity contribution in [2.75, 3.05) is 12.1 Å². The van der Waals surface area contributed by atoms with Crippen LogP contribution in [0.4, 0.5) is 15.3 Å². The van der Waals surface area contributed by atoms with Gasteiger partial charge in [-0.2, -0.15) is 0 Å². The number of anilines is 1. The third-order valence-electron chi connectivity index (χ3n) is 7.29. The third-order valence-corrected chi connectivity index (χ3v) is 7.38. The van der Waals surface area contributed by atoms with Crippen molar-refractivity contribution in [1.82, 2.24) is 9.55 Å². The second-order valence-corrected chi connectivity index (χ2v) is 11.5. The molecule has 3 aliphatic rings. The minimum atomic E-state index is -1.47. The summed E-state index contributed by atoms with van der Waals surface area (Å²) in [5.74, 6) is -0.0442. The molecule has 0 bridgehead atoms. The number of ether oxygens (including phenoxy) is 5. The lowest BCUT2D eigenvalue weighted by Crippen LogP contribution is -2.33. The number of cyclic esters (lactones) is 1. The van der Waals surface area contributed by atoms with Gasteiger partial charge in [-0.05, 0) is 45.2 Å². The van der Waals surface area contributed by atoms with Crippen molar-refractivity contribution in [2.24, 2.45) is 0 Å². The van der Waals surface area contributed by atoms with Crippen LogP contribution in [0.2, 0.25) is 0 Å². The lowest BCUT2D eigenvalue weighted by atomic mass is 9.94. The molecule has 0 fully saturated rings. The Kier molecular flexibility index (Phi) is 6.76. The molecule has 0 unspecified atom stereocenters. The Hall–Kier alpha value is -4.32. The average molecular weight is 598 g/mol. The highest BCUT2D eigenvalue weighted by molar-refractivity contribution is 6.61. The fourth-order valence-electron chi connectivity index (χ4n) is 5.59. The first kappa shape index (κ1) is 27.8. The van der Waals surface area contributed by atoms with Crippen LogP contribution in [0.1, 0.15) is 68.9 Å². The summed E-state index contributed by atoms with van der Waals surface area (Å²) in [6.07, 6.45) is 0.205. The molecule has 1 atom stereocenters. The normalized spacial score (nSPS) is 16.4. The molecule has 0 aliphatic carbocycles. The monoisotopic (exact) mass is 597 g/mol. The second-order valence-electron chi connectivity index (χ2n) is 11.2. The number of hydrogen-bond acceptors (Lipinski definition) is 10. The summed E-state index contributed by atoms with van der Waals surface area (Å²) < 4.78 is 28.7. The molecule has 1 N–H and O–H groups in total. The molecule has 0 saturated heterocycles. The Labute approximate surface area is 244 Å². The predicted octanol–water partition coefficient (Wildman–Crippen LogP) is 5.32. The molecule has 1 amide bonds. The summed E-state index contributed by atoms with van der Waals surface area (Å²) in [6, 6.07) is 3.37. The van der Waals surface area contributed by atoms with Crippen LogP contribution in [0.3, 0.4) is 0 Å². The second kappa shape index (κ2) is 10.2. The van der Waals surface area contributed by atoms with Gasteiger partial charge in [0.15, 0.2) is 11.5 Å². The van der Waals surface area contributed by atoms with Crippen molar-refractivity contribution in [3.63, 3.8) is 0 Å². The van der Waals surface area contributed by atoms with Gasteiger partial charge in [-0.1, -0.05) is 13.3 Å². The van der Waals surface area contributed by atoms with Gasteiger partial charge in [0.1, 0.15) is 17.9 Å². The highest BCUT2D eigenvalue weighted by Gasteiger charge is 2.38. The molecular weight excluding hydrogens is 570 g/mol. The van der Waals surface area contributed by atoms with Crippen LogP contribution in [0.15, 0.2) is 16.9 Å². The van der Waals surface area contributed by atoms with Crippen molar-refractivity contribution in [3.8, 4) is 22.9 Å². The molecule has 1 aromatic carbocycles. The summed E-state index contributed by atoms with van der Waals surface area (Å²) in [5, 5.41) is 3.53. The summed E-state index contributed by atoms with van der Waals surface area (Å²) in [6.45, 7) is 7.29. The van der Waals surface area contributed by atoms with E-state index in [4.69, 9.17) is 40.3 Å². The van der Waals surface area contributed by atoms with Gasteiger partial charge in [0.25, 0.3) is 5.56 Å². The highest BCUT2D eigenvalue weighted by atomic mass is 35.5. The maximum absolute atomic E-state index is 13.7. The number of hydrogen-bond donors (Lipinski definition) is 1. The van der Waals surface area contributed by atoms with Crippen LogP contribution < -0.4 is 20.3 Å². The molecule has 13 heteroatoms. The number of halogens is 1. The number of amides is 1. The topological polar surface area (TPSA) is 144 Å². The number of carbonyl (C=O) groups is 3. The molecule has 0 radical (unpaired) electrons. The van der Waals surface area contributed by atoms with E-state index in [1.807, 2.05) is 0 Å². The fourth-order valence-corrected chi connectivity index (χ4v) is 5.68. The summed E-state index contributed by atoms with van der Waals surface area (Å²) in [5.41, 5.74) is 1.64. The average Bonchev–Trinajstić information content (AvgIpc) is 3.52. The molecule has 12 nitrogen and oxygen atoms in total. The zero-order valence-corrected chi connectivity index (χ0v) is 24.2. The molecule has 5 heterocycles. The van der Waals surface area contributed by atoms with Crippen molar-refractivity contribution < 1.29 is 38.1 Å². The number of fused-ring (bicyclic) bond motifs is 6. The maximum Gasteiger partial charge on any atom is 0.412 e. The van der Waals surface area contributed by atoms with Gasteiger partial charge in [-0.15, -0.1) is 0 Å². The minimum Gasteiger partial charge on any atom is -0.458 e. The van der Waals surface area contributed by atoms with Crippen LogP contribution in [0.5, 0.6) is 11.5 Å². The van der Waals surface area contributed by atoms with Gasteiger partial charge in [0.2, 0.25) is 12.9 Å². The molecule has 0 spiro atoms. The SMILES string of the molecule is CCCCc1c2c(nc3cc4c(c(NC(=O)OC(C)(C)C)c13)OCO4)-c1cc3c(c(=O)n1C2)COC(=O)[C@H]3OC(=O)Cl. The molecule has 42 heavy (non-hydrogen) atoms. The van der Waals surface area contributed by atoms with E-state index < -0.39 is 34.8 Å². The van der Waals surface area contributed by atoms with E-state index in [0.717, 1.165) is 24.0 Å². The van der Waals surface area contributed by atoms with E-state index >= 15 is 0 Å². The molecular formula is C29H28ClN3O9. The van der Waals surface area contributed by atoms with Gasteiger partial charge in [0.05, 0.1) is 29.0 Å². The van der Waals surface area contributed by atoms with Gasteiger partial charge >= 0.3 is 17.5 Å². The molecule has 6 rings (SSSR count). The number of benzene rings is 1. The Balaban J connectivity index is 1.58. The zero-order chi connectivity index (χ0) is 29.9. The number of aromatic nitrogens is 2. The Morgan fingerprint density at radius 3 is 2.67 bits per heavy atom. The van der Waals surface area contributed by atoms with Gasteiger partial charge in [-0.3, -0.25) is 10.1 Å². The standard InChI is InChI=1S/C29H28ClN3O9/c1-5-6-7-13-15-10-33-18(8-14-16(25(33)34)11-38-26(35)23(14)41-27(30)36)21(15)31-17-9-19-24(40-12-39-19)22(20(13)17)32-28(37)42-29(2,3)4/h8-9,23H,5-7,10-12H2,1-4H3,(H,32,37)/t23-/m0/s1. The van der Waals surface area contributed by atoms with E-state index in [1.165, 1.54) is 0 Å². The van der Waals surface area contributed by atoms with Crippen LogP contribution in [-0.4, -0.2) is 39.4 Å². The number of aryl methyl sites for hydroxylation is 1.